The van der Waals surface area contributed by atoms with Crippen molar-refractivity contribution in [2.24, 2.45) is 0 Å². The Hall–Kier alpha value is 3.89. The molecule has 0 aromatic carbocycles. The van der Waals surface area contributed by atoms with Crippen LogP contribution >= 0.6 is 15.6 Å². The molecule has 0 aromatic rings. The van der Waals surface area contributed by atoms with Crippen molar-refractivity contribution in [2.45, 2.75) is 0 Å². The van der Waals surface area contributed by atoms with Crippen molar-refractivity contribution >= 4 is 129 Å². The van der Waals surface area contributed by atoms with Gasteiger partial charge in [-0.3, -0.25) is 0 Å². The van der Waals surface area contributed by atoms with Crippen molar-refractivity contribution in [1.29, 1.82) is 0 Å². The molecule has 0 aromatic heterocycles. The Labute approximate surface area is 173 Å². The molecule has 0 aliphatic rings. The minimum Gasteiger partial charge on any atom is -0.822 e. The van der Waals surface area contributed by atoms with E-state index in [-0.39, 0.29) is 113 Å². The topological polar surface area (TPSA) is 193 Å². The molecule has 0 saturated heterocycles. The smallest absolute Gasteiger partial charge is 0.822 e. The molecule has 0 fully saturated rings. The van der Waals surface area contributed by atoms with Crippen LogP contribution in [0, 0.1) is 0 Å². The van der Waals surface area contributed by atoms with E-state index in [4.69, 9.17) is 48.3 Å². The predicted octanol–water partition coefficient (Wildman–Crippen LogP) is -6.93. The first-order valence-electron chi connectivity index (χ1n) is 1.63. The Morgan fingerprint density at radius 1 is 0.667 bits per heavy atom. The van der Waals surface area contributed by atoms with Gasteiger partial charge < -0.3 is 38.5 Å². The minimum absolute atomic E-state index is 0. The van der Waals surface area contributed by atoms with E-state index in [1.54, 1.807) is 0 Å². The zero-order valence-corrected chi connectivity index (χ0v) is 15.5. The third-order valence-corrected chi connectivity index (χ3v) is 0. The van der Waals surface area contributed by atoms with Gasteiger partial charge in [0, 0.05) is 0 Å². The Bertz CT molecular complexity index is 136. The van der Waals surface area contributed by atoms with Crippen LogP contribution in [-0.2, 0) is 9.13 Å². The molecule has 0 saturated carbocycles. The van der Waals surface area contributed by atoms with Crippen molar-refractivity contribution in [3.63, 3.8) is 0 Å². The summed E-state index contributed by atoms with van der Waals surface area (Å²) in [6.45, 7) is 0. The Balaban J connectivity index is -0.0000000197. The molecule has 9 nitrogen and oxygen atoms in total. The van der Waals surface area contributed by atoms with E-state index in [0.717, 1.165) is 0 Å². The zero-order chi connectivity index (χ0) is 11.0. The van der Waals surface area contributed by atoms with E-state index in [1.807, 2.05) is 0 Å². The van der Waals surface area contributed by atoms with Crippen LogP contribution in [0.15, 0.2) is 0 Å². The monoisotopic (exact) mass is 346 g/mol. The van der Waals surface area contributed by atoms with E-state index < -0.39 is 15.6 Å². The summed E-state index contributed by atoms with van der Waals surface area (Å²) in [5.41, 5.74) is 0. The predicted molar refractivity (Wildman–Crippen MR) is 35.8 cm³/mol. The molecule has 78 valence electrons. The molecule has 0 radical (unpaired) electrons. The van der Waals surface area contributed by atoms with Crippen LogP contribution in [0.2, 0.25) is 0 Å². The fourth-order valence-electron chi connectivity index (χ4n) is 0. The van der Waals surface area contributed by atoms with Crippen molar-refractivity contribution in [1.82, 2.24) is 0 Å². The van der Waals surface area contributed by atoms with Crippen LogP contribution in [0.5, 0.6) is 0 Å². The number of rotatable bonds is 0. The van der Waals surface area contributed by atoms with Gasteiger partial charge in [0.05, 0.1) is 0 Å². The molecule has 0 bridgehead atoms. The molecule has 0 aliphatic heterocycles. The van der Waals surface area contributed by atoms with Crippen LogP contribution in [0.1, 0.15) is 0 Å². The minimum atomic E-state index is -5.39. The molecule has 15 heteroatoms. The van der Waals surface area contributed by atoms with E-state index in [2.05, 4.69) is 0 Å². The molecule has 0 spiro atoms. The summed E-state index contributed by atoms with van der Waals surface area (Å²) in [4.78, 5) is 51.3. The second-order valence-electron chi connectivity index (χ2n) is 0.894. The Kier molecular flexibility index (Phi) is 49.0. The molecule has 0 atom stereocenters. The first-order chi connectivity index (χ1) is 5.00. The maximum Gasteiger partial charge on any atom is 2.00 e. The van der Waals surface area contributed by atoms with Gasteiger partial charge in [-0.15, -0.1) is 0 Å². The SMILES string of the molecule is O=P([O-])([O-])[O-].O=P([O-])([O-])[O-].OF.[Ca+2].[Ca+2].[Ca+2]. The third-order valence-electron chi connectivity index (χ3n) is 0. The van der Waals surface area contributed by atoms with Gasteiger partial charge in [-0.25, -0.2) is 5.31 Å². The maximum absolute atomic E-state index is 8.55. The second kappa shape index (κ2) is 20.2. The average Bonchev–Trinajstić information content (AvgIpc) is 1.59. The summed E-state index contributed by atoms with van der Waals surface area (Å²) in [5.74, 6) is 0. The van der Waals surface area contributed by atoms with Crippen molar-refractivity contribution in [3.05, 3.63) is 0 Å². The largest absolute Gasteiger partial charge is 2.00 e. The van der Waals surface area contributed by atoms with Crippen molar-refractivity contribution in [2.75, 3.05) is 0 Å². The van der Waals surface area contributed by atoms with Crippen molar-refractivity contribution in [3.8, 4) is 0 Å². The standard InChI is InChI=1S/3Ca.FHO.2H3O4P/c;;;1-2;2*1-5(2,3)4/h;;;2H;2*(H3,1,2,3,4)/q3*+2;;;/p-6. The summed E-state index contributed by atoms with van der Waals surface area (Å²) in [6, 6.07) is 0. The average molecular weight is 346 g/mol. The number of hydrogen-bond acceptors (Lipinski definition) is 9. The van der Waals surface area contributed by atoms with Crippen LogP contribution < -0.4 is 29.4 Å². The summed E-state index contributed by atoms with van der Waals surface area (Å²) in [6.07, 6.45) is 0. The van der Waals surface area contributed by atoms with E-state index >= 15 is 0 Å². The third kappa shape index (κ3) is 299. The zero-order valence-electron chi connectivity index (χ0n) is 7.11. The summed E-state index contributed by atoms with van der Waals surface area (Å²) >= 11 is 0. The molecule has 1 N–H and O–H groups in total. The quantitative estimate of drug-likeness (QED) is 0.327. The molecule has 0 aliphatic carbocycles. The summed E-state index contributed by atoms with van der Waals surface area (Å²) in [5, 5.41) is 5.50. The molecule has 0 unspecified atom stereocenters. The van der Waals surface area contributed by atoms with Gasteiger partial charge >= 0.3 is 113 Å². The summed E-state index contributed by atoms with van der Waals surface area (Å²) < 4.78 is 25.6. The summed E-state index contributed by atoms with van der Waals surface area (Å²) in [7, 11) is -10.8. The fourth-order valence-corrected chi connectivity index (χ4v) is 0. The molecule has 0 heterocycles. The Morgan fingerprint density at radius 2 is 0.667 bits per heavy atom. The molecular formula is HCa3FO9P2. The first-order valence-corrected chi connectivity index (χ1v) is 4.55. The van der Waals surface area contributed by atoms with Crippen LogP contribution in [0.3, 0.4) is 0 Å². The van der Waals surface area contributed by atoms with Gasteiger partial charge in [0.2, 0.25) is 0 Å². The second-order valence-corrected chi connectivity index (χ2v) is 2.68. The van der Waals surface area contributed by atoms with Crippen LogP contribution in [0.4, 0.5) is 4.53 Å². The molecule has 0 amide bonds. The first kappa shape index (κ1) is 36.4. The van der Waals surface area contributed by atoms with E-state index in [0.29, 0.717) is 0 Å². The number of halogens is 1. The molecular weight excluding hydrogens is 345 g/mol. The van der Waals surface area contributed by atoms with Gasteiger partial charge in [0.1, 0.15) is 0 Å². The van der Waals surface area contributed by atoms with Crippen LogP contribution in [-0.4, -0.2) is 119 Å². The molecule has 0 rings (SSSR count). The van der Waals surface area contributed by atoms with E-state index in [1.165, 1.54) is 0 Å². The maximum atomic E-state index is 8.55. The van der Waals surface area contributed by atoms with Gasteiger partial charge in [-0.2, -0.15) is 15.6 Å². The van der Waals surface area contributed by atoms with Gasteiger partial charge in [-0.1, -0.05) is 4.53 Å². The van der Waals surface area contributed by atoms with Gasteiger partial charge in [0.25, 0.3) is 0 Å². The van der Waals surface area contributed by atoms with Crippen LogP contribution in [0.25, 0.3) is 0 Å². The normalized spacial score (nSPS) is 8.27. The van der Waals surface area contributed by atoms with E-state index in [9.17, 15) is 0 Å². The Morgan fingerprint density at radius 3 is 0.667 bits per heavy atom. The van der Waals surface area contributed by atoms with Gasteiger partial charge in [-0.05, 0) is 0 Å². The molecule has 15 heavy (non-hydrogen) atoms. The number of hydrogen-bond donors (Lipinski definition) is 1. The number of phosphoric acid groups is 2. The fraction of sp³-hybridized carbons (Fsp3) is 0. The van der Waals surface area contributed by atoms with Gasteiger partial charge in [0.15, 0.2) is 0 Å². The van der Waals surface area contributed by atoms with Crippen molar-refractivity contribution < 1.29 is 48.3 Å².